The highest BCUT2D eigenvalue weighted by molar-refractivity contribution is 7.13. The van der Waals surface area contributed by atoms with Gasteiger partial charge in [-0.15, -0.1) is 11.3 Å². The van der Waals surface area contributed by atoms with Crippen LogP contribution in [0, 0.1) is 0 Å². The molecular weight excluding hydrogens is 360 g/mol. The van der Waals surface area contributed by atoms with Crippen molar-refractivity contribution in [3.8, 4) is 16.4 Å². The lowest BCUT2D eigenvalue weighted by Crippen LogP contribution is -2.24. The molecule has 0 aliphatic heterocycles. The van der Waals surface area contributed by atoms with Crippen LogP contribution in [-0.4, -0.2) is 17.7 Å². The van der Waals surface area contributed by atoms with E-state index in [0.29, 0.717) is 29.4 Å². The number of nitrogens with zero attached hydrogens (tertiary/aromatic N) is 1. The van der Waals surface area contributed by atoms with Gasteiger partial charge in [-0.2, -0.15) is 0 Å². The van der Waals surface area contributed by atoms with Gasteiger partial charge in [0.25, 0.3) is 5.91 Å². The molecule has 0 unspecified atom stereocenters. The summed E-state index contributed by atoms with van der Waals surface area (Å²) in [6.45, 7) is 2.67. The normalized spacial score (nSPS) is 10.9. The van der Waals surface area contributed by atoms with Crippen LogP contribution in [0.3, 0.4) is 0 Å². The summed E-state index contributed by atoms with van der Waals surface area (Å²) in [7, 11) is 0. The number of fused-ring (bicyclic) bond motifs is 1. The fourth-order valence-corrected chi connectivity index (χ4v) is 3.62. The van der Waals surface area contributed by atoms with E-state index in [1.807, 2.05) is 66.9 Å². The molecule has 1 N–H and O–H groups in total. The zero-order valence-electron chi connectivity index (χ0n) is 14.8. The highest BCUT2D eigenvalue weighted by Crippen LogP contribution is 2.29. The molecule has 2 aromatic carbocycles. The number of carbonyl (C=O) groups excluding carboxylic acids is 1. The quantitative estimate of drug-likeness (QED) is 0.519. The molecule has 0 saturated carbocycles. The minimum atomic E-state index is -0.198. The second-order valence-corrected chi connectivity index (χ2v) is 6.88. The summed E-state index contributed by atoms with van der Waals surface area (Å²) in [5.41, 5.74) is 1.21. The van der Waals surface area contributed by atoms with Crippen LogP contribution >= 0.6 is 11.3 Å². The van der Waals surface area contributed by atoms with Crippen molar-refractivity contribution < 1.29 is 14.1 Å². The molecule has 0 fully saturated rings. The average molecular weight is 378 g/mol. The molecule has 2 heterocycles. The van der Waals surface area contributed by atoms with Gasteiger partial charge in [0.05, 0.1) is 23.6 Å². The summed E-state index contributed by atoms with van der Waals surface area (Å²) in [6.07, 6.45) is 0. The number of amides is 1. The highest BCUT2D eigenvalue weighted by Gasteiger charge is 2.17. The van der Waals surface area contributed by atoms with Crippen molar-refractivity contribution in [2.75, 3.05) is 6.61 Å². The van der Waals surface area contributed by atoms with Crippen LogP contribution in [0.1, 0.15) is 23.0 Å². The minimum absolute atomic E-state index is 0.198. The maximum Gasteiger partial charge on any atom is 0.256 e. The Balaban J connectivity index is 1.57. The van der Waals surface area contributed by atoms with Crippen molar-refractivity contribution in [2.24, 2.45) is 0 Å². The highest BCUT2D eigenvalue weighted by atomic mass is 32.1. The topological polar surface area (TPSA) is 64.4 Å². The second kappa shape index (κ2) is 7.63. The largest absolute Gasteiger partial charge is 0.493 e. The summed E-state index contributed by atoms with van der Waals surface area (Å²) in [6, 6.07) is 17.3. The molecule has 0 atom stereocenters. The summed E-state index contributed by atoms with van der Waals surface area (Å²) < 4.78 is 11.0. The predicted octanol–water partition coefficient (Wildman–Crippen LogP) is 4.89. The first-order chi connectivity index (χ1) is 13.3. The van der Waals surface area contributed by atoms with Crippen LogP contribution in [0.25, 0.3) is 21.4 Å². The number of hydrogen-bond acceptors (Lipinski definition) is 5. The van der Waals surface area contributed by atoms with Crippen molar-refractivity contribution in [1.29, 1.82) is 0 Å². The van der Waals surface area contributed by atoms with E-state index < -0.39 is 0 Å². The number of rotatable bonds is 6. The van der Waals surface area contributed by atoms with Crippen LogP contribution in [-0.2, 0) is 6.54 Å². The van der Waals surface area contributed by atoms with Gasteiger partial charge in [0, 0.05) is 6.07 Å². The van der Waals surface area contributed by atoms with Crippen LogP contribution in [0.15, 0.2) is 64.5 Å². The monoisotopic (exact) mass is 378 g/mol. The number of aromatic nitrogens is 1. The molecule has 27 heavy (non-hydrogen) atoms. The Bertz CT molecular complexity index is 1070. The lowest BCUT2D eigenvalue weighted by Gasteiger charge is -2.13. The van der Waals surface area contributed by atoms with Gasteiger partial charge in [-0.3, -0.25) is 4.79 Å². The van der Waals surface area contributed by atoms with Crippen molar-refractivity contribution >= 4 is 28.0 Å². The van der Waals surface area contributed by atoms with E-state index in [1.165, 1.54) is 0 Å². The molecule has 2 aromatic heterocycles. The van der Waals surface area contributed by atoms with Crippen molar-refractivity contribution in [3.63, 3.8) is 0 Å². The van der Waals surface area contributed by atoms with E-state index >= 15 is 0 Å². The predicted molar refractivity (Wildman–Crippen MR) is 106 cm³/mol. The first-order valence-corrected chi connectivity index (χ1v) is 9.56. The number of benzene rings is 2. The van der Waals surface area contributed by atoms with Gasteiger partial charge in [-0.1, -0.05) is 41.6 Å². The van der Waals surface area contributed by atoms with Crippen molar-refractivity contribution in [3.05, 3.63) is 71.2 Å². The van der Waals surface area contributed by atoms with Gasteiger partial charge in [-0.05, 0) is 35.2 Å². The summed E-state index contributed by atoms with van der Waals surface area (Å²) in [5.74, 6) is 1.08. The molecule has 4 rings (SSSR count). The van der Waals surface area contributed by atoms with Gasteiger partial charge < -0.3 is 14.6 Å². The first-order valence-electron chi connectivity index (χ1n) is 8.68. The van der Waals surface area contributed by atoms with Crippen LogP contribution in [0.2, 0.25) is 0 Å². The SMILES string of the molecule is CCOc1ccc2ccccc2c1C(=O)NCc1cc(-c2cccs2)on1. The maximum absolute atomic E-state index is 12.9. The third-order valence-corrected chi connectivity index (χ3v) is 5.06. The zero-order chi connectivity index (χ0) is 18.6. The summed E-state index contributed by atoms with van der Waals surface area (Å²) >= 11 is 1.58. The van der Waals surface area contributed by atoms with Crippen molar-refractivity contribution in [2.45, 2.75) is 13.5 Å². The summed E-state index contributed by atoms with van der Waals surface area (Å²) in [5, 5.41) is 10.8. The Morgan fingerprint density at radius 1 is 1.19 bits per heavy atom. The number of thiophene rings is 1. The summed E-state index contributed by atoms with van der Waals surface area (Å²) in [4.78, 5) is 13.9. The molecule has 0 aliphatic carbocycles. The number of carbonyl (C=O) groups is 1. The molecule has 0 spiro atoms. The zero-order valence-corrected chi connectivity index (χ0v) is 15.6. The smallest absolute Gasteiger partial charge is 0.256 e. The second-order valence-electron chi connectivity index (χ2n) is 5.94. The van der Waals surface area contributed by atoms with Gasteiger partial charge >= 0.3 is 0 Å². The van der Waals surface area contributed by atoms with Crippen molar-refractivity contribution in [1.82, 2.24) is 10.5 Å². The Morgan fingerprint density at radius 2 is 2.07 bits per heavy atom. The molecule has 1 amide bonds. The van der Waals surface area contributed by atoms with Gasteiger partial charge in [0.2, 0.25) is 0 Å². The van der Waals surface area contributed by atoms with Crippen LogP contribution in [0.4, 0.5) is 0 Å². The average Bonchev–Trinajstić information content (AvgIpc) is 3.38. The lowest BCUT2D eigenvalue weighted by atomic mass is 10.0. The molecule has 0 radical (unpaired) electrons. The van der Waals surface area contributed by atoms with Gasteiger partial charge in [0.15, 0.2) is 5.76 Å². The molecule has 6 heteroatoms. The van der Waals surface area contributed by atoms with Crippen LogP contribution in [0.5, 0.6) is 5.75 Å². The van der Waals surface area contributed by atoms with E-state index in [-0.39, 0.29) is 12.5 Å². The van der Waals surface area contributed by atoms with E-state index in [0.717, 1.165) is 15.6 Å². The number of hydrogen-bond donors (Lipinski definition) is 1. The third kappa shape index (κ3) is 3.57. The number of nitrogens with one attached hydrogen (secondary N) is 1. The van der Waals surface area contributed by atoms with Crippen LogP contribution < -0.4 is 10.1 Å². The molecule has 0 bridgehead atoms. The fraction of sp³-hybridized carbons (Fsp3) is 0.143. The Hall–Kier alpha value is -3.12. The number of ether oxygens (including phenoxy) is 1. The molecule has 0 saturated heterocycles. The van der Waals surface area contributed by atoms with Gasteiger partial charge in [-0.25, -0.2) is 0 Å². The maximum atomic E-state index is 12.9. The standard InChI is InChI=1S/C21H18N2O3S/c1-2-25-17-10-9-14-6-3-4-7-16(14)20(17)21(24)22-13-15-12-18(26-23-15)19-8-5-11-27-19/h3-12H,2,13H2,1H3,(H,22,24). The molecule has 4 aromatic rings. The Labute approximate surface area is 160 Å². The van der Waals surface area contributed by atoms with E-state index in [4.69, 9.17) is 9.26 Å². The van der Waals surface area contributed by atoms with E-state index in [2.05, 4.69) is 10.5 Å². The van der Waals surface area contributed by atoms with E-state index in [9.17, 15) is 4.79 Å². The minimum Gasteiger partial charge on any atom is -0.493 e. The third-order valence-electron chi connectivity index (χ3n) is 4.17. The Kier molecular flexibility index (Phi) is 4.89. The van der Waals surface area contributed by atoms with Gasteiger partial charge in [0.1, 0.15) is 11.4 Å². The first kappa shape index (κ1) is 17.3. The molecule has 0 aliphatic rings. The van der Waals surface area contributed by atoms with E-state index in [1.54, 1.807) is 11.3 Å². The molecular formula is C21H18N2O3S. The lowest BCUT2D eigenvalue weighted by molar-refractivity contribution is 0.0948. The fourth-order valence-electron chi connectivity index (χ4n) is 2.95. The Morgan fingerprint density at radius 3 is 2.89 bits per heavy atom. The molecule has 136 valence electrons. The molecule has 5 nitrogen and oxygen atoms in total.